The Morgan fingerprint density at radius 3 is 2.00 bits per heavy atom. The van der Waals surface area contributed by atoms with Gasteiger partial charge < -0.3 is 18.9 Å². The van der Waals surface area contributed by atoms with E-state index in [1.807, 2.05) is 19.9 Å². The number of aryl methyl sites for hydroxylation is 1. The van der Waals surface area contributed by atoms with Gasteiger partial charge in [-0.05, 0) is 43.7 Å². The van der Waals surface area contributed by atoms with Crippen molar-refractivity contribution in [3.8, 4) is 11.5 Å². The van der Waals surface area contributed by atoms with Crippen LogP contribution >= 0.6 is 0 Å². The summed E-state index contributed by atoms with van der Waals surface area (Å²) in [6, 6.07) is 11.6. The summed E-state index contributed by atoms with van der Waals surface area (Å²) in [7, 11) is 2.23. The third-order valence-corrected chi connectivity index (χ3v) is 6.75. The molecule has 0 saturated carbocycles. The normalized spacial score (nSPS) is 13.0. The number of rotatable bonds is 10. The van der Waals surface area contributed by atoms with E-state index >= 15 is 0 Å². The minimum absolute atomic E-state index is 0.0265. The number of ether oxygens (including phenoxy) is 4. The average molecular weight is 424 g/mol. The Bertz CT molecular complexity index is 894. The summed E-state index contributed by atoms with van der Waals surface area (Å²) < 4.78 is 49.5. The fourth-order valence-corrected chi connectivity index (χ4v) is 4.59. The fraction of sp³-hybridized carbons (Fsp3) is 0.429. The molecule has 0 aliphatic carbocycles. The molecule has 160 valence electrons. The van der Waals surface area contributed by atoms with E-state index in [0.717, 1.165) is 11.1 Å². The minimum Gasteiger partial charge on any atom is -0.493 e. The molecule has 0 bridgehead atoms. The van der Waals surface area contributed by atoms with E-state index in [9.17, 15) is 8.42 Å². The Hall–Kier alpha value is -2.13. The molecular formula is C21H29NO6S. The molecule has 7 nitrogen and oxygen atoms in total. The highest BCUT2D eigenvalue weighted by Crippen LogP contribution is 2.34. The lowest BCUT2D eigenvalue weighted by molar-refractivity contribution is -0.110. The van der Waals surface area contributed by atoms with E-state index in [4.69, 9.17) is 18.9 Å². The summed E-state index contributed by atoms with van der Waals surface area (Å²) in [5, 5.41) is 0. The molecule has 0 aliphatic rings. The Balaban J connectivity index is 2.51. The number of hydrogen-bond acceptors (Lipinski definition) is 6. The van der Waals surface area contributed by atoms with Gasteiger partial charge in [0.05, 0.1) is 25.7 Å². The maximum atomic E-state index is 13.5. The Morgan fingerprint density at radius 2 is 1.48 bits per heavy atom. The van der Waals surface area contributed by atoms with E-state index < -0.39 is 22.4 Å². The molecule has 8 heteroatoms. The number of nitrogens with zero attached hydrogens (tertiary/aromatic N) is 1. The molecule has 0 N–H and O–H groups in total. The molecule has 2 rings (SSSR count). The topological polar surface area (TPSA) is 74.3 Å². The zero-order valence-electron chi connectivity index (χ0n) is 17.7. The highest BCUT2D eigenvalue weighted by molar-refractivity contribution is 7.89. The molecule has 2 aromatic rings. The third kappa shape index (κ3) is 5.27. The first-order chi connectivity index (χ1) is 13.8. The van der Waals surface area contributed by atoms with Crippen LogP contribution in [-0.2, 0) is 19.5 Å². The highest BCUT2D eigenvalue weighted by atomic mass is 32.2. The maximum absolute atomic E-state index is 13.5. The van der Waals surface area contributed by atoms with Crippen molar-refractivity contribution in [1.29, 1.82) is 0 Å². The number of sulfonamides is 1. The van der Waals surface area contributed by atoms with Crippen molar-refractivity contribution < 1.29 is 27.4 Å². The van der Waals surface area contributed by atoms with Gasteiger partial charge in [-0.3, -0.25) is 0 Å². The number of methoxy groups -OCH3 is 4. The smallest absolute Gasteiger partial charge is 0.243 e. The lowest BCUT2D eigenvalue weighted by Crippen LogP contribution is -2.40. The highest BCUT2D eigenvalue weighted by Gasteiger charge is 2.32. The molecular weight excluding hydrogens is 394 g/mol. The average Bonchev–Trinajstić information content (AvgIpc) is 2.73. The first-order valence-corrected chi connectivity index (χ1v) is 10.6. The molecule has 0 radical (unpaired) electrons. The second kappa shape index (κ2) is 10.1. The second-order valence-corrected chi connectivity index (χ2v) is 8.47. The molecule has 0 fully saturated rings. The lowest BCUT2D eigenvalue weighted by Gasteiger charge is -2.31. The van der Waals surface area contributed by atoms with Gasteiger partial charge in [0.2, 0.25) is 10.0 Å². The van der Waals surface area contributed by atoms with Crippen LogP contribution in [0, 0.1) is 6.92 Å². The Kier molecular flexibility index (Phi) is 8.04. The van der Waals surface area contributed by atoms with Crippen LogP contribution in [0.15, 0.2) is 47.4 Å². The summed E-state index contributed by atoms with van der Waals surface area (Å²) >= 11 is 0. The van der Waals surface area contributed by atoms with Crippen molar-refractivity contribution >= 4 is 10.0 Å². The summed E-state index contributed by atoms with van der Waals surface area (Å²) in [4.78, 5) is 0.210. The molecule has 0 aromatic heterocycles. The van der Waals surface area contributed by atoms with Crippen LogP contribution in [-0.4, -0.2) is 54.0 Å². The molecule has 0 aliphatic heterocycles. The van der Waals surface area contributed by atoms with Gasteiger partial charge in [-0.2, -0.15) is 4.31 Å². The molecule has 0 spiro atoms. The van der Waals surface area contributed by atoms with Gasteiger partial charge in [-0.25, -0.2) is 8.42 Å². The van der Waals surface area contributed by atoms with Crippen LogP contribution < -0.4 is 9.47 Å². The van der Waals surface area contributed by atoms with Gasteiger partial charge in [-0.15, -0.1) is 0 Å². The summed E-state index contributed by atoms with van der Waals surface area (Å²) in [5.41, 5.74) is 1.74. The SMILES string of the molecule is COc1ccc([C@H](C)N(CC(OC)OC)S(=O)(=O)c2ccc(C)cc2)cc1OC. The first-order valence-electron chi connectivity index (χ1n) is 9.14. The van der Waals surface area contributed by atoms with Gasteiger partial charge in [0, 0.05) is 20.3 Å². The van der Waals surface area contributed by atoms with Crippen molar-refractivity contribution in [3.63, 3.8) is 0 Å². The molecule has 0 amide bonds. The van der Waals surface area contributed by atoms with Gasteiger partial charge in [0.1, 0.15) is 0 Å². The Labute approximate surface area is 173 Å². The molecule has 2 aromatic carbocycles. The van der Waals surface area contributed by atoms with Crippen molar-refractivity contribution in [2.75, 3.05) is 35.0 Å². The van der Waals surface area contributed by atoms with Crippen LogP contribution in [0.4, 0.5) is 0 Å². The number of benzene rings is 2. The third-order valence-electron chi connectivity index (χ3n) is 4.80. The molecule has 29 heavy (non-hydrogen) atoms. The van der Waals surface area contributed by atoms with Crippen molar-refractivity contribution in [2.24, 2.45) is 0 Å². The van der Waals surface area contributed by atoms with E-state index in [1.54, 1.807) is 50.6 Å². The summed E-state index contributed by atoms with van der Waals surface area (Å²) in [6.07, 6.45) is -0.710. The van der Waals surface area contributed by atoms with E-state index in [1.165, 1.54) is 18.5 Å². The molecule has 0 unspecified atom stereocenters. The van der Waals surface area contributed by atoms with Gasteiger partial charge in [0.15, 0.2) is 17.8 Å². The summed E-state index contributed by atoms with van der Waals surface area (Å²) in [5.74, 6) is 1.10. The van der Waals surface area contributed by atoms with E-state index in [0.29, 0.717) is 11.5 Å². The van der Waals surface area contributed by atoms with E-state index in [-0.39, 0.29) is 11.4 Å². The van der Waals surface area contributed by atoms with Crippen LogP contribution in [0.25, 0.3) is 0 Å². The van der Waals surface area contributed by atoms with Crippen molar-refractivity contribution in [2.45, 2.75) is 31.1 Å². The summed E-state index contributed by atoms with van der Waals surface area (Å²) in [6.45, 7) is 3.75. The van der Waals surface area contributed by atoms with Gasteiger partial charge in [-0.1, -0.05) is 23.8 Å². The quantitative estimate of drug-likeness (QED) is 0.546. The maximum Gasteiger partial charge on any atom is 0.243 e. The lowest BCUT2D eigenvalue weighted by atomic mass is 10.1. The monoisotopic (exact) mass is 423 g/mol. The van der Waals surface area contributed by atoms with Crippen LogP contribution in [0.5, 0.6) is 11.5 Å². The predicted molar refractivity (Wildman–Crippen MR) is 111 cm³/mol. The molecule has 0 heterocycles. The largest absolute Gasteiger partial charge is 0.493 e. The van der Waals surface area contributed by atoms with Gasteiger partial charge >= 0.3 is 0 Å². The van der Waals surface area contributed by atoms with Crippen molar-refractivity contribution in [3.05, 3.63) is 53.6 Å². The number of hydrogen-bond donors (Lipinski definition) is 0. The van der Waals surface area contributed by atoms with Crippen LogP contribution in [0.2, 0.25) is 0 Å². The zero-order valence-corrected chi connectivity index (χ0v) is 18.5. The standard InChI is InChI=1S/C21H29NO6S/c1-15-7-10-18(11-8-15)29(23,24)22(14-21(27-5)28-6)16(2)17-9-12-19(25-3)20(13-17)26-4/h7-13,16,21H,14H2,1-6H3/t16-/m0/s1. The van der Waals surface area contributed by atoms with E-state index in [2.05, 4.69) is 0 Å². The molecule has 0 saturated heterocycles. The Morgan fingerprint density at radius 1 is 0.897 bits per heavy atom. The molecule has 1 atom stereocenters. The van der Waals surface area contributed by atoms with Crippen LogP contribution in [0.1, 0.15) is 24.1 Å². The first kappa shape index (κ1) is 23.2. The fourth-order valence-electron chi connectivity index (χ4n) is 2.98. The second-order valence-electron chi connectivity index (χ2n) is 6.58. The van der Waals surface area contributed by atoms with Gasteiger partial charge in [0.25, 0.3) is 0 Å². The predicted octanol–water partition coefficient (Wildman–Crippen LogP) is 3.38. The van der Waals surface area contributed by atoms with Crippen molar-refractivity contribution in [1.82, 2.24) is 4.31 Å². The zero-order chi connectivity index (χ0) is 21.6. The van der Waals surface area contributed by atoms with Crippen LogP contribution in [0.3, 0.4) is 0 Å². The minimum atomic E-state index is -3.81.